The van der Waals surface area contributed by atoms with Gasteiger partial charge in [0.25, 0.3) is 0 Å². The van der Waals surface area contributed by atoms with E-state index in [1.54, 1.807) is 0 Å². The highest BCUT2D eigenvalue weighted by molar-refractivity contribution is 4.99. The van der Waals surface area contributed by atoms with Crippen molar-refractivity contribution in [2.45, 2.75) is 64.2 Å². The van der Waals surface area contributed by atoms with Crippen LogP contribution in [0.1, 0.15) is 47.0 Å². The lowest BCUT2D eigenvalue weighted by Crippen LogP contribution is -2.47. The summed E-state index contributed by atoms with van der Waals surface area (Å²) < 4.78 is 6.14. The van der Waals surface area contributed by atoms with Crippen molar-refractivity contribution >= 4 is 0 Å². The maximum Gasteiger partial charge on any atom is 0.0787 e. The average molecular weight is 254 g/mol. The number of piperidine rings is 1. The van der Waals surface area contributed by atoms with E-state index in [4.69, 9.17) is 4.74 Å². The Balaban J connectivity index is 1.83. The summed E-state index contributed by atoms with van der Waals surface area (Å²) in [5.41, 5.74) is -0.0193. The van der Waals surface area contributed by atoms with Gasteiger partial charge >= 0.3 is 0 Å². The monoisotopic (exact) mass is 254 g/mol. The van der Waals surface area contributed by atoms with Crippen LogP contribution >= 0.6 is 0 Å². The van der Waals surface area contributed by atoms with Crippen molar-refractivity contribution in [1.29, 1.82) is 0 Å². The zero-order valence-electron chi connectivity index (χ0n) is 12.8. The van der Waals surface area contributed by atoms with E-state index in [-0.39, 0.29) is 11.2 Å². The molecule has 3 nitrogen and oxygen atoms in total. The molecule has 18 heavy (non-hydrogen) atoms. The normalized spacial score (nSPS) is 35.8. The minimum atomic E-state index is -0.0376. The molecule has 0 aromatic heterocycles. The summed E-state index contributed by atoms with van der Waals surface area (Å²) in [5.74, 6) is 0.809. The largest absolute Gasteiger partial charge is 0.368 e. The Morgan fingerprint density at radius 2 is 2.00 bits per heavy atom. The van der Waals surface area contributed by atoms with E-state index in [1.165, 1.54) is 25.9 Å². The smallest absolute Gasteiger partial charge is 0.0787 e. The number of hydrogen-bond acceptors (Lipinski definition) is 3. The van der Waals surface area contributed by atoms with Crippen molar-refractivity contribution in [2.75, 3.05) is 26.7 Å². The number of ether oxygens (including phenoxy) is 1. The van der Waals surface area contributed by atoms with Gasteiger partial charge in [-0.05, 0) is 73.0 Å². The highest BCUT2D eigenvalue weighted by Gasteiger charge is 2.45. The molecule has 3 heteroatoms. The number of rotatable bonds is 3. The molecule has 1 N–H and O–H groups in total. The summed E-state index contributed by atoms with van der Waals surface area (Å²) in [7, 11) is 2.23. The molecule has 0 amide bonds. The van der Waals surface area contributed by atoms with Crippen molar-refractivity contribution < 1.29 is 4.74 Å². The van der Waals surface area contributed by atoms with Gasteiger partial charge in [0.05, 0.1) is 11.2 Å². The molecule has 0 aromatic carbocycles. The van der Waals surface area contributed by atoms with E-state index in [0.29, 0.717) is 6.04 Å². The highest BCUT2D eigenvalue weighted by atomic mass is 16.5. The lowest BCUT2D eigenvalue weighted by molar-refractivity contribution is -0.0700. The van der Waals surface area contributed by atoms with Gasteiger partial charge in [0.1, 0.15) is 0 Å². The quantitative estimate of drug-likeness (QED) is 0.836. The van der Waals surface area contributed by atoms with E-state index < -0.39 is 0 Å². The standard InChI is InChI=1S/C15H30N2O/c1-14(2)9-13(15(3,4)18-14)16-10-12-7-6-8-17(5)11-12/h12-13,16H,6-11H2,1-5H3. The van der Waals surface area contributed by atoms with E-state index in [0.717, 1.165) is 18.9 Å². The van der Waals surface area contributed by atoms with Gasteiger partial charge in [-0.1, -0.05) is 0 Å². The highest BCUT2D eigenvalue weighted by Crippen LogP contribution is 2.37. The molecule has 2 saturated heterocycles. The van der Waals surface area contributed by atoms with Crippen molar-refractivity contribution in [1.82, 2.24) is 10.2 Å². The second-order valence-electron chi connectivity index (χ2n) is 7.40. The Labute approximate surface area is 112 Å². The third-order valence-electron chi connectivity index (χ3n) is 4.45. The van der Waals surface area contributed by atoms with Crippen LogP contribution in [-0.2, 0) is 4.74 Å². The van der Waals surface area contributed by atoms with Crippen LogP contribution in [-0.4, -0.2) is 48.8 Å². The Morgan fingerprint density at radius 1 is 1.28 bits per heavy atom. The molecule has 2 aliphatic heterocycles. The molecule has 2 rings (SSSR count). The molecule has 0 saturated carbocycles. The zero-order valence-corrected chi connectivity index (χ0v) is 12.8. The molecule has 2 atom stereocenters. The topological polar surface area (TPSA) is 24.5 Å². The Morgan fingerprint density at radius 3 is 2.56 bits per heavy atom. The fourth-order valence-corrected chi connectivity index (χ4v) is 3.63. The summed E-state index contributed by atoms with van der Waals surface area (Å²) in [5, 5.41) is 3.77. The molecule has 106 valence electrons. The first-order valence-electron chi connectivity index (χ1n) is 7.41. The van der Waals surface area contributed by atoms with Crippen molar-refractivity contribution in [3.63, 3.8) is 0 Å². The van der Waals surface area contributed by atoms with Crippen LogP contribution in [0.25, 0.3) is 0 Å². The second-order valence-corrected chi connectivity index (χ2v) is 7.40. The molecule has 2 heterocycles. The first-order chi connectivity index (χ1) is 8.28. The minimum Gasteiger partial charge on any atom is -0.368 e. The molecular weight excluding hydrogens is 224 g/mol. The number of nitrogens with one attached hydrogen (secondary N) is 1. The van der Waals surface area contributed by atoms with Crippen LogP contribution in [0.2, 0.25) is 0 Å². The summed E-state index contributed by atoms with van der Waals surface area (Å²) >= 11 is 0. The van der Waals surface area contributed by atoms with Gasteiger partial charge in [0.2, 0.25) is 0 Å². The second kappa shape index (κ2) is 5.10. The maximum absolute atomic E-state index is 6.14. The molecule has 0 radical (unpaired) electrons. The van der Waals surface area contributed by atoms with Gasteiger partial charge in [0, 0.05) is 12.6 Å². The van der Waals surface area contributed by atoms with E-state index in [9.17, 15) is 0 Å². The van der Waals surface area contributed by atoms with Gasteiger partial charge in [-0.15, -0.1) is 0 Å². The van der Waals surface area contributed by atoms with E-state index in [2.05, 4.69) is 45.0 Å². The summed E-state index contributed by atoms with van der Waals surface area (Å²) in [6, 6.07) is 0.486. The number of nitrogens with zero attached hydrogens (tertiary/aromatic N) is 1. The number of hydrogen-bond donors (Lipinski definition) is 1. The molecule has 2 unspecified atom stereocenters. The molecule has 0 aromatic rings. The molecule has 2 fully saturated rings. The first kappa shape index (κ1) is 14.3. The Kier molecular flexibility index (Phi) is 4.05. The molecular formula is C15H30N2O. The summed E-state index contributed by atoms with van der Waals surface area (Å²) in [6.07, 6.45) is 3.83. The molecule has 0 spiro atoms. The molecule has 0 aliphatic carbocycles. The van der Waals surface area contributed by atoms with Gasteiger partial charge in [-0.2, -0.15) is 0 Å². The maximum atomic E-state index is 6.14. The lowest BCUT2D eigenvalue weighted by atomic mass is 9.92. The Bertz CT molecular complexity index is 288. The molecule has 2 aliphatic rings. The van der Waals surface area contributed by atoms with Crippen LogP contribution in [0.15, 0.2) is 0 Å². The SMILES string of the molecule is CN1CCCC(CNC2CC(C)(C)OC2(C)C)C1. The van der Waals surface area contributed by atoms with E-state index in [1.807, 2.05) is 0 Å². The zero-order chi connectivity index (χ0) is 13.4. The fraction of sp³-hybridized carbons (Fsp3) is 1.00. The van der Waals surface area contributed by atoms with Crippen LogP contribution < -0.4 is 5.32 Å². The van der Waals surface area contributed by atoms with Gasteiger partial charge in [-0.3, -0.25) is 0 Å². The number of likely N-dealkylation sites (tertiary alicyclic amines) is 1. The van der Waals surface area contributed by atoms with Gasteiger partial charge in [-0.25, -0.2) is 0 Å². The minimum absolute atomic E-state index is 0.0184. The van der Waals surface area contributed by atoms with Gasteiger partial charge < -0.3 is 15.0 Å². The predicted octanol–water partition coefficient (Wildman–Crippen LogP) is 2.26. The lowest BCUT2D eigenvalue weighted by Gasteiger charge is -2.33. The van der Waals surface area contributed by atoms with Crippen molar-refractivity contribution in [3.8, 4) is 0 Å². The van der Waals surface area contributed by atoms with Crippen LogP contribution in [0, 0.1) is 5.92 Å². The van der Waals surface area contributed by atoms with Crippen LogP contribution in [0.3, 0.4) is 0 Å². The van der Waals surface area contributed by atoms with E-state index >= 15 is 0 Å². The first-order valence-corrected chi connectivity index (χ1v) is 7.41. The van der Waals surface area contributed by atoms with Gasteiger partial charge in [0.15, 0.2) is 0 Å². The van der Waals surface area contributed by atoms with Crippen molar-refractivity contribution in [3.05, 3.63) is 0 Å². The van der Waals surface area contributed by atoms with Crippen LogP contribution in [0.5, 0.6) is 0 Å². The van der Waals surface area contributed by atoms with Crippen LogP contribution in [0.4, 0.5) is 0 Å². The summed E-state index contributed by atoms with van der Waals surface area (Å²) in [4.78, 5) is 2.45. The van der Waals surface area contributed by atoms with Crippen molar-refractivity contribution in [2.24, 2.45) is 5.92 Å². The molecule has 0 bridgehead atoms. The average Bonchev–Trinajstić information content (AvgIpc) is 2.43. The third-order valence-corrected chi connectivity index (χ3v) is 4.45. The summed E-state index contributed by atoms with van der Waals surface area (Å²) in [6.45, 7) is 12.5. The predicted molar refractivity (Wildman–Crippen MR) is 75.9 cm³/mol. The third kappa shape index (κ3) is 3.46. The Hall–Kier alpha value is -0.120. The fourth-order valence-electron chi connectivity index (χ4n) is 3.63.